The molecule has 2 fully saturated rings. The molecule has 4 unspecified atom stereocenters. The summed E-state index contributed by atoms with van der Waals surface area (Å²) >= 11 is 0. The number of alkyl halides is 1. The predicted octanol–water partition coefficient (Wildman–Crippen LogP) is 4.04. The summed E-state index contributed by atoms with van der Waals surface area (Å²) in [5, 5.41) is 9.01. The Kier molecular flexibility index (Phi) is 4.63. The summed E-state index contributed by atoms with van der Waals surface area (Å²) in [5.74, 6) is -0.353. The molecule has 2 aliphatic carbocycles. The molecule has 0 aromatic carbocycles. The largest absolute Gasteiger partial charge is 0.481 e. The molecule has 0 amide bonds. The van der Waals surface area contributed by atoms with Gasteiger partial charge in [0.2, 0.25) is 0 Å². The second kappa shape index (κ2) is 6.03. The Labute approximate surface area is 109 Å². The summed E-state index contributed by atoms with van der Waals surface area (Å²) in [5.41, 5.74) is 0. The van der Waals surface area contributed by atoms with E-state index in [9.17, 15) is 9.18 Å². The summed E-state index contributed by atoms with van der Waals surface area (Å²) in [6.45, 7) is 1.72. The minimum absolute atomic E-state index is 0.0392. The number of halogens is 1. The van der Waals surface area contributed by atoms with Gasteiger partial charge in [-0.3, -0.25) is 4.79 Å². The monoisotopic (exact) mass is 256 g/mol. The predicted molar refractivity (Wildman–Crippen MR) is 69.1 cm³/mol. The van der Waals surface area contributed by atoms with Crippen molar-refractivity contribution in [3.05, 3.63) is 0 Å². The van der Waals surface area contributed by atoms with Gasteiger partial charge in [-0.25, -0.2) is 4.39 Å². The standard InChI is InChI=1S/C15H25FO2/c1-10(15(17)18)12-7-8-13(14(16)9-12)11-5-3-2-4-6-11/h10-14H,2-9H2,1H3,(H,17,18). The van der Waals surface area contributed by atoms with E-state index in [-0.39, 0.29) is 11.8 Å². The molecular weight excluding hydrogens is 231 g/mol. The lowest BCUT2D eigenvalue weighted by molar-refractivity contribution is -0.144. The zero-order valence-corrected chi connectivity index (χ0v) is 11.3. The Balaban J connectivity index is 1.89. The number of aliphatic carboxylic acids is 1. The average molecular weight is 256 g/mol. The van der Waals surface area contributed by atoms with E-state index >= 15 is 0 Å². The number of carbonyl (C=O) groups is 1. The number of hydrogen-bond acceptors (Lipinski definition) is 1. The molecule has 2 nitrogen and oxygen atoms in total. The van der Waals surface area contributed by atoms with Gasteiger partial charge >= 0.3 is 5.97 Å². The van der Waals surface area contributed by atoms with Gasteiger partial charge in [0.05, 0.1) is 5.92 Å². The maximum atomic E-state index is 14.3. The zero-order chi connectivity index (χ0) is 13.1. The number of rotatable bonds is 3. The summed E-state index contributed by atoms with van der Waals surface area (Å²) in [4.78, 5) is 11.0. The first-order chi connectivity index (χ1) is 8.59. The molecule has 18 heavy (non-hydrogen) atoms. The van der Waals surface area contributed by atoms with Crippen molar-refractivity contribution in [3.8, 4) is 0 Å². The van der Waals surface area contributed by atoms with E-state index in [1.165, 1.54) is 32.1 Å². The van der Waals surface area contributed by atoms with Crippen molar-refractivity contribution < 1.29 is 14.3 Å². The van der Waals surface area contributed by atoms with Crippen LogP contribution in [0.4, 0.5) is 4.39 Å². The maximum absolute atomic E-state index is 14.3. The van der Waals surface area contributed by atoms with Gasteiger partial charge in [-0.1, -0.05) is 39.0 Å². The first-order valence-electron chi connectivity index (χ1n) is 7.46. The van der Waals surface area contributed by atoms with Crippen LogP contribution in [0.25, 0.3) is 0 Å². The van der Waals surface area contributed by atoms with Crippen molar-refractivity contribution in [1.82, 2.24) is 0 Å². The molecule has 0 bridgehead atoms. The van der Waals surface area contributed by atoms with Crippen LogP contribution in [0.2, 0.25) is 0 Å². The first-order valence-corrected chi connectivity index (χ1v) is 7.46. The fraction of sp³-hybridized carbons (Fsp3) is 0.933. The number of carboxylic acids is 1. The van der Waals surface area contributed by atoms with E-state index in [1.807, 2.05) is 0 Å². The molecule has 0 aromatic heterocycles. The van der Waals surface area contributed by atoms with Crippen LogP contribution < -0.4 is 0 Å². The molecule has 0 saturated heterocycles. The van der Waals surface area contributed by atoms with Crippen molar-refractivity contribution in [2.24, 2.45) is 23.7 Å². The van der Waals surface area contributed by atoms with Crippen LogP contribution in [0, 0.1) is 23.7 Å². The van der Waals surface area contributed by atoms with Gasteiger partial charge in [0, 0.05) is 0 Å². The second-order valence-electron chi connectivity index (χ2n) is 6.28. The van der Waals surface area contributed by atoms with Crippen molar-refractivity contribution in [2.75, 3.05) is 0 Å². The van der Waals surface area contributed by atoms with Crippen LogP contribution in [0.5, 0.6) is 0 Å². The van der Waals surface area contributed by atoms with Gasteiger partial charge in [-0.05, 0) is 37.0 Å². The average Bonchev–Trinajstić information content (AvgIpc) is 2.38. The molecule has 2 rings (SSSR count). The third-order valence-electron chi connectivity index (χ3n) is 5.22. The lowest BCUT2D eigenvalue weighted by Gasteiger charge is -2.39. The zero-order valence-electron chi connectivity index (χ0n) is 11.3. The molecule has 0 radical (unpaired) electrons. The quantitative estimate of drug-likeness (QED) is 0.827. The Hall–Kier alpha value is -0.600. The molecule has 4 atom stereocenters. The third-order valence-corrected chi connectivity index (χ3v) is 5.22. The van der Waals surface area contributed by atoms with Crippen molar-refractivity contribution in [2.45, 2.75) is 64.5 Å². The Morgan fingerprint density at radius 3 is 2.39 bits per heavy atom. The highest BCUT2D eigenvalue weighted by molar-refractivity contribution is 5.69. The minimum atomic E-state index is -0.775. The highest BCUT2D eigenvalue weighted by Gasteiger charge is 2.38. The van der Waals surface area contributed by atoms with Gasteiger partial charge in [-0.15, -0.1) is 0 Å². The van der Waals surface area contributed by atoms with Crippen LogP contribution in [-0.2, 0) is 4.79 Å². The molecule has 2 saturated carbocycles. The van der Waals surface area contributed by atoms with Gasteiger partial charge < -0.3 is 5.11 Å². The number of carboxylic acid groups (broad SMARTS) is 1. The van der Waals surface area contributed by atoms with Crippen molar-refractivity contribution in [3.63, 3.8) is 0 Å². The molecular formula is C15H25FO2. The third kappa shape index (κ3) is 3.04. The van der Waals surface area contributed by atoms with Gasteiger partial charge in [0.15, 0.2) is 0 Å². The smallest absolute Gasteiger partial charge is 0.306 e. The molecule has 0 spiro atoms. The molecule has 0 aromatic rings. The lowest BCUT2D eigenvalue weighted by Crippen LogP contribution is -2.36. The Morgan fingerprint density at radius 2 is 1.83 bits per heavy atom. The van der Waals surface area contributed by atoms with Crippen molar-refractivity contribution in [1.29, 1.82) is 0 Å². The summed E-state index contributed by atoms with van der Waals surface area (Å²) in [7, 11) is 0. The number of hydrogen-bond donors (Lipinski definition) is 1. The molecule has 104 valence electrons. The van der Waals surface area contributed by atoms with Crippen LogP contribution in [0.3, 0.4) is 0 Å². The van der Waals surface area contributed by atoms with Gasteiger partial charge in [0.25, 0.3) is 0 Å². The molecule has 2 aliphatic rings. The molecule has 3 heteroatoms. The maximum Gasteiger partial charge on any atom is 0.306 e. The fourth-order valence-corrected chi connectivity index (χ4v) is 3.92. The van der Waals surface area contributed by atoms with Crippen LogP contribution in [-0.4, -0.2) is 17.2 Å². The minimum Gasteiger partial charge on any atom is -0.481 e. The highest BCUT2D eigenvalue weighted by atomic mass is 19.1. The van der Waals surface area contributed by atoms with Gasteiger partial charge in [-0.2, -0.15) is 0 Å². The lowest BCUT2D eigenvalue weighted by atomic mass is 9.68. The van der Waals surface area contributed by atoms with E-state index < -0.39 is 18.1 Å². The van der Waals surface area contributed by atoms with Crippen LogP contribution in [0.15, 0.2) is 0 Å². The van der Waals surface area contributed by atoms with Crippen LogP contribution >= 0.6 is 0 Å². The highest BCUT2D eigenvalue weighted by Crippen LogP contribution is 2.43. The van der Waals surface area contributed by atoms with Crippen molar-refractivity contribution >= 4 is 5.97 Å². The van der Waals surface area contributed by atoms with E-state index in [0.717, 1.165) is 12.8 Å². The topological polar surface area (TPSA) is 37.3 Å². The van der Waals surface area contributed by atoms with E-state index in [1.54, 1.807) is 6.92 Å². The normalized spacial score (nSPS) is 36.2. The van der Waals surface area contributed by atoms with E-state index in [0.29, 0.717) is 12.3 Å². The SMILES string of the molecule is CC(C(=O)O)C1CCC(C2CCCCC2)C(F)C1. The van der Waals surface area contributed by atoms with Gasteiger partial charge in [0.1, 0.15) is 6.17 Å². The molecule has 0 aliphatic heterocycles. The molecule has 1 N–H and O–H groups in total. The summed E-state index contributed by atoms with van der Waals surface area (Å²) in [6.07, 6.45) is 7.67. The van der Waals surface area contributed by atoms with E-state index in [2.05, 4.69) is 0 Å². The van der Waals surface area contributed by atoms with Crippen LogP contribution in [0.1, 0.15) is 58.3 Å². The fourth-order valence-electron chi connectivity index (χ4n) is 3.92. The second-order valence-corrected chi connectivity index (χ2v) is 6.28. The van der Waals surface area contributed by atoms with E-state index in [4.69, 9.17) is 5.11 Å². The summed E-state index contributed by atoms with van der Waals surface area (Å²) in [6, 6.07) is 0. The summed E-state index contributed by atoms with van der Waals surface area (Å²) < 4.78 is 14.3. The first kappa shape index (κ1) is 13.8. The Morgan fingerprint density at radius 1 is 1.17 bits per heavy atom. The molecule has 0 heterocycles. The Bertz CT molecular complexity index is 286.